The Balaban J connectivity index is 3.23. The summed E-state index contributed by atoms with van der Waals surface area (Å²) in [5.41, 5.74) is 4.20. The minimum Gasteiger partial charge on any atom is -0.496 e. The lowest BCUT2D eigenvalue weighted by atomic mass is 9.99. The molecule has 0 unspecified atom stereocenters. The molecule has 0 saturated heterocycles. The summed E-state index contributed by atoms with van der Waals surface area (Å²) in [6, 6.07) is 1.78. The minimum atomic E-state index is -2.39. The summed E-state index contributed by atoms with van der Waals surface area (Å²) in [5, 5.41) is 0.763. The van der Waals surface area contributed by atoms with Gasteiger partial charge in [0.15, 0.2) is 0 Å². The molecule has 0 fully saturated rings. The molecule has 1 rings (SSSR count). The van der Waals surface area contributed by atoms with E-state index < -0.39 is 7.04 Å². The van der Waals surface area contributed by atoms with Gasteiger partial charge in [0.1, 0.15) is 5.75 Å². The van der Waals surface area contributed by atoms with E-state index in [1.54, 1.807) is 6.07 Å². The summed E-state index contributed by atoms with van der Waals surface area (Å²) in [6.45, 7) is 5.81. The van der Waals surface area contributed by atoms with Gasteiger partial charge in [0.05, 0.1) is 11.2 Å². The third-order valence-corrected chi connectivity index (χ3v) is 3.01. The van der Waals surface area contributed by atoms with Crippen LogP contribution in [0.1, 0.15) is 26.4 Å². The van der Waals surface area contributed by atoms with Crippen molar-refractivity contribution in [1.29, 1.82) is 0 Å². The van der Waals surface area contributed by atoms with E-state index in [1.807, 2.05) is 20.8 Å². The molecule has 2 heteroatoms. The van der Waals surface area contributed by atoms with Gasteiger partial charge in [-0.3, -0.25) is 0 Å². The lowest BCUT2D eigenvalue weighted by Gasteiger charge is -2.13. The van der Waals surface area contributed by atoms with Crippen LogP contribution >= 0.6 is 15.9 Å². The average molecular weight is 246 g/mol. The van der Waals surface area contributed by atoms with Gasteiger partial charge in [0.25, 0.3) is 0 Å². The summed E-state index contributed by atoms with van der Waals surface area (Å²) >= 11 is 3.43. The predicted octanol–water partition coefficient (Wildman–Crippen LogP) is 3.52. The maximum Gasteiger partial charge on any atom is 0.122 e. The maximum absolute atomic E-state index is 7.11. The van der Waals surface area contributed by atoms with Gasteiger partial charge in [-0.1, -0.05) is 15.9 Å². The number of aryl methyl sites for hydroxylation is 1. The van der Waals surface area contributed by atoms with Crippen molar-refractivity contribution >= 4 is 15.9 Å². The summed E-state index contributed by atoms with van der Waals surface area (Å²) in [5.74, 6) is 0.444. The van der Waals surface area contributed by atoms with E-state index >= 15 is 0 Å². The van der Waals surface area contributed by atoms with Crippen LogP contribution in [0, 0.1) is 20.8 Å². The van der Waals surface area contributed by atoms with Crippen LogP contribution in [-0.4, -0.2) is 7.04 Å². The number of benzene rings is 1. The van der Waals surface area contributed by atoms with E-state index in [4.69, 9.17) is 8.85 Å². The fourth-order valence-electron chi connectivity index (χ4n) is 1.41. The van der Waals surface area contributed by atoms with Gasteiger partial charge in [0.2, 0.25) is 0 Å². The third kappa shape index (κ3) is 1.88. The first-order chi connectivity index (χ1) is 7.26. The van der Waals surface area contributed by atoms with Gasteiger partial charge in [-0.25, -0.2) is 0 Å². The molecule has 0 amide bonds. The number of halogens is 1. The van der Waals surface area contributed by atoms with Crippen LogP contribution in [0.15, 0.2) is 6.07 Å². The molecular weight excluding hydrogens is 228 g/mol. The molecule has 0 bridgehead atoms. The second-order valence-electron chi connectivity index (χ2n) is 3.16. The highest BCUT2D eigenvalue weighted by Gasteiger charge is 2.08. The second kappa shape index (κ2) is 4.14. The fraction of sp³-hybridized carbons (Fsp3) is 0.455. The van der Waals surface area contributed by atoms with Gasteiger partial charge in [-0.05, 0) is 49.1 Å². The van der Waals surface area contributed by atoms with Crippen LogP contribution in [0.3, 0.4) is 0 Å². The molecule has 13 heavy (non-hydrogen) atoms. The van der Waals surface area contributed by atoms with E-state index in [-0.39, 0.29) is 0 Å². The molecule has 0 aliphatic carbocycles. The minimum absolute atomic E-state index is 0.444. The molecule has 0 atom stereocenters. The van der Waals surface area contributed by atoms with Crippen molar-refractivity contribution in [1.82, 2.24) is 0 Å². The zero-order valence-corrected chi connectivity index (χ0v) is 9.66. The quantitative estimate of drug-likeness (QED) is 0.725. The predicted molar refractivity (Wildman–Crippen MR) is 59.8 cm³/mol. The molecule has 0 heterocycles. The van der Waals surface area contributed by atoms with Crippen LogP contribution in [0.4, 0.5) is 0 Å². The number of rotatable bonds is 2. The smallest absolute Gasteiger partial charge is 0.122 e. The van der Waals surface area contributed by atoms with Gasteiger partial charge >= 0.3 is 0 Å². The van der Waals surface area contributed by atoms with Crippen LogP contribution in [0.5, 0.6) is 5.75 Å². The maximum atomic E-state index is 7.11. The summed E-state index contributed by atoms with van der Waals surface area (Å²) in [6.07, 6.45) is 0. The second-order valence-corrected chi connectivity index (χ2v) is 3.72. The fourth-order valence-corrected chi connectivity index (χ4v) is 2.27. The number of alkyl halides is 1. The Bertz CT molecular complexity index is 399. The first-order valence-electron chi connectivity index (χ1n) is 5.61. The first kappa shape index (κ1) is 6.88. The standard InChI is InChI=1S/C11H15BrO/c1-7-5-11(13-4)9(3)8(2)10(7)6-12/h5H,6H2,1-4H3/i4D3. The largest absolute Gasteiger partial charge is 0.496 e. The molecule has 0 radical (unpaired) electrons. The molecule has 0 spiro atoms. The molecule has 0 aliphatic heterocycles. The van der Waals surface area contributed by atoms with Gasteiger partial charge in [0, 0.05) is 5.33 Å². The molecule has 1 aromatic carbocycles. The van der Waals surface area contributed by atoms with Crippen molar-refractivity contribution in [3.05, 3.63) is 28.3 Å². The number of ether oxygens (including phenoxy) is 1. The number of methoxy groups -OCH3 is 1. The molecule has 0 N–H and O–H groups in total. The summed E-state index contributed by atoms with van der Waals surface area (Å²) < 4.78 is 26.3. The highest BCUT2D eigenvalue weighted by atomic mass is 79.9. The average Bonchev–Trinajstić information content (AvgIpc) is 2.12. The molecule has 1 aromatic rings. The van der Waals surface area contributed by atoms with Crippen LogP contribution in [-0.2, 0) is 5.33 Å². The SMILES string of the molecule is [2H]C([2H])([2H])Oc1cc(C)c(CBr)c(C)c1C. The van der Waals surface area contributed by atoms with Crippen molar-refractivity contribution < 1.29 is 8.85 Å². The Kier molecular flexibility index (Phi) is 2.19. The van der Waals surface area contributed by atoms with E-state index in [1.165, 1.54) is 5.56 Å². The topological polar surface area (TPSA) is 9.23 Å². The molecule has 0 aromatic heterocycles. The van der Waals surface area contributed by atoms with Gasteiger partial charge < -0.3 is 4.74 Å². The Morgan fingerprint density at radius 3 is 2.62 bits per heavy atom. The Hall–Kier alpha value is -0.500. The zero-order chi connectivity index (χ0) is 12.5. The van der Waals surface area contributed by atoms with Crippen molar-refractivity contribution in [2.75, 3.05) is 7.04 Å². The molecule has 72 valence electrons. The molecule has 0 saturated carbocycles. The molecular formula is C11H15BrO. The Labute approximate surface area is 92.5 Å². The van der Waals surface area contributed by atoms with Crippen molar-refractivity contribution in [2.24, 2.45) is 0 Å². The van der Waals surface area contributed by atoms with E-state index in [9.17, 15) is 0 Å². The highest BCUT2D eigenvalue weighted by molar-refractivity contribution is 9.08. The van der Waals surface area contributed by atoms with Crippen LogP contribution in [0.25, 0.3) is 0 Å². The van der Waals surface area contributed by atoms with E-state index in [0.717, 1.165) is 22.0 Å². The van der Waals surface area contributed by atoms with Crippen molar-refractivity contribution in [3.63, 3.8) is 0 Å². The zero-order valence-electron chi connectivity index (χ0n) is 11.1. The Morgan fingerprint density at radius 2 is 2.08 bits per heavy atom. The third-order valence-electron chi connectivity index (χ3n) is 2.45. The van der Waals surface area contributed by atoms with Crippen LogP contribution in [0.2, 0.25) is 0 Å². The Morgan fingerprint density at radius 1 is 1.38 bits per heavy atom. The molecule has 1 nitrogen and oxygen atoms in total. The number of hydrogen-bond acceptors (Lipinski definition) is 1. The van der Waals surface area contributed by atoms with Crippen molar-refractivity contribution in [2.45, 2.75) is 26.1 Å². The van der Waals surface area contributed by atoms with E-state index in [2.05, 4.69) is 15.9 Å². The highest BCUT2D eigenvalue weighted by Crippen LogP contribution is 2.28. The van der Waals surface area contributed by atoms with Crippen molar-refractivity contribution in [3.8, 4) is 5.75 Å². The summed E-state index contributed by atoms with van der Waals surface area (Å²) in [7, 11) is -2.39. The van der Waals surface area contributed by atoms with Gasteiger partial charge in [-0.15, -0.1) is 0 Å². The van der Waals surface area contributed by atoms with Crippen LogP contribution < -0.4 is 4.74 Å². The number of hydrogen-bond donors (Lipinski definition) is 0. The normalized spacial score (nSPS) is 14.6. The molecule has 0 aliphatic rings. The first-order valence-corrected chi connectivity index (χ1v) is 5.23. The van der Waals surface area contributed by atoms with Gasteiger partial charge in [-0.2, -0.15) is 0 Å². The lowest BCUT2D eigenvalue weighted by molar-refractivity contribution is 0.411. The van der Waals surface area contributed by atoms with E-state index in [0.29, 0.717) is 5.75 Å². The summed E-state index contributed by atoms with van der Waals surface area (Å²) in [4.78, 5) is 0. The monoisotopic (exact) mass is 245 g/mol. The lowest BCUT2D eigenvalue weighted by Crippen LogP contribution is -1.97.